The first kappa shape index (κ1) is 13.1. The predicted octanol–water partition coefficient (Wildman–Crippen LogP) is 2.42. The summed E-state index contributed by atoms with van der Waals surface area (Å²) in [5, 5.41) is 3.64. The minimum absolute atomic E-state index is 0.214. The second kappa shape index (κ2) is 5.25. The van der Waals surface area contributed by atoms with Crippen LogP contribution < -0.4 is 5.32 Å². The average Bonchev–Trinajstić information content (AvgIpc) is 2.80. The molecule has 0 aromatic carbocycles. The molecule has 4 heteroatoms. The fraction of sp³-hybridized carbons (Fsp3) is 0.800. The van der Waals surface area contributed by atoms with Gasteiger partial charge in [0.2, 0.25) is 0 Å². The van der Waals surface area contributed by atoms with Crippen LogP contribution in [0.5, 0.6) is 0 Å². The SMILES string of the molecule is CCNC(c1cn(C)cn1)C1CCOC2(CCC2)C1. The molecule has 2 atom stereocenters. The van der Waals surface area contributed by atoms with Crippen LogP contribution in [0.25, 0.3) is 0 Å². The van der Waals surface area contributed by atoms with E-state index in [1.807, 2.05) is 17.9 Å². The standard InChI is InChI=1S/C15H25N3O/c1-3-16-14(13-10-18(2)11-17-13)12-5-8-19-15(9-12)6-4-7-15/h10-12,14,16H,3-9H2,1-2H3. The Morgan fingerprint density at radius 3 is 3.00 bits per heavy atom. The van der Waals surface area contributed by atoms with Gasteiger partial charge in [-0.2, -0.15) is 0 Å². The van der Waals surface area contributed by atoms with Crippen molar-refractivity contribution in [3.63, 3.8) is 0 Å². The summed E-state index contributed by atoms with van der Waals surface area (Å²) in [5.74, 6) is 0.656. The zero-order valence-corrected chi connectivity index (χ0v) is 12.1. The Hall–Kier alpha value is -0.870. The van der Waals surface area contributed by atoms with Crippen LogP contribution in [0.4, 0.5) is 0 Å². The van der Waals surface area contributed by atoms with Crippen molar-refractivity contribution in [1.82, 2.24) is 14.9 Å². The molecule has 106 valence electrons. The Labute approximate surface area is 115 Å². The van der Waals surface area contributed by atoms with Gasteiger partial charge in [-0.05, 0) is 44.6 Å². The summed E-state index contributed by atoms with van der Waals surface area (Å²) in [7, 11) is 2.04. The topological polar surface area (TPSA) is 39.1 Å². The highest BCUT2D eigenvalue weighted by Gasteiger charge is 2.44. The van der Waals surface area contributed by atoms with Crippen LogP contribution in [0.15, 0.2) is 12.5 Å². The van der Waals surface area contributed by atoms with Crippen molar-refractivity contribution < 1.29 is 4.74 Å². The maximum absolute atomic E-state index is 6.05. The van der Waals surface area contributed by atoms with E-state index in [9.17, 15) is 0 Å². The first-order valence-electron chi connectivity index (χ1n) is 7.58. The van der Waals surface area contributed by atoms with E-state index >= 15 is 0 Å². The van der Waals surface area contributed by atoms with E-state index in [0.29, 0.717) is 12.0 Å². The van der Waals surface area contributed by atoms with Gasteiger partial charge in [0.1, 0.15) is 0 Å². The van der Waals surface area contributed by atoms with Crippen LogP contribution in [0, 0.1) is 5.92 Å². The van der Waals surface area contributed by atoms with Crippen molar-refractivity contribution in [2.45, 2.75) is 50.7 Å². The summed E-state index contributed by atoms with van der Waals surface area (Å²) < 4.78 is 8.09. The summed E-state index contributed by atoms with van der Waals surface area (Å²) in [6.07, 6.45) is 10.2. The van der Waals surface area contributed by atoms with Gasteiger partial charge in [-0.15, -0.1) is 0 Å². The van der Waals surface area contributed by atoms with Crippen molar-refractivity contribution in [1.29, 1.82) is 0 Å². The largest absolute Gasteiger partial charge is 0.375 e. The lowest BCUT2D eigenvalue weighted by atomic mass is 9.70. The highest BCUT2D eigenvalue weighted by molar-refractivity contribution is 5.08. The fourth-order valence-electron chi connectivity index (χ4n) is 3.60. The normalized spacial score (nSPS) is 27.2. The van der Waals surface area contributed by atoms with Gasteiger partial charge in [0.25, 0.3) is 0 Å². The third-order valence-corrected chi connectivity index (χ3v) is 4.73. The van der Waals surface area contributed by atoms with Crippen LogP contribution in [-0.2, 0) is 11.8 Å². The maximum Gasteiger partial charge on any atom is 0.0947 e. The number of ether oxygens (including phenoxy) is 1. The molecule has 1 saturated carbocycles. The molecule has 0 amide bonds. The van der Waals surface area contributed by atoms with E-state index in [2.05, 4.69) is 23.4 Å². The molecular weight excluding hydrogens is 238 g/mol. The van der Waals surface area contributed by atoms with Crippen molar-refractivity contribution in [3.05, 3.63) is 18.2 Å². The van der Waals surface area contributed by atoms with Gasteiger partial charge in [-0.3, -0.25) is 0 Å². The van der Waals surface area contributed by atoms with Gasteiger partial charge in [-0.1, -0.05) is 6.92 Å². The first-order valence-corrected chi connectivity index (χ1v) is 7.58. The number of hydrogen-bond acceptors (Lipinski definition) is 3. The molecule has 1 spiro atoms. The average molecular weight is 263 g/mol. The highest BCUT2D eigenvalue weighted by Crippen LogP contribution is 2.46. The number of hydrogen-bond donors (Lipinski definition) is 1. The van der Waals surface area contributed by atoms with Crippen LogP contribution >= 0.6 is 0 Å². The lowest BCUT2D eigenvalue weighted by molar-refractivity contribution is -0.147. The lowest BCUT2D eigenvalue weighted by Gasteiger charge is -2.48. The highest BCUT2D eigenvalue weighted by atomic mass is 16.5. The second-order valence-corrected chi connectivity index (χ2v) is 6.14. The Kier molecular flexibility index (Phi) is 3.63. The molecule has 1 aliphatic heterocycles. The number of nitrogens with one attached hydrogen (secondary N) is 1. The van der Waals surface area contributed by atoms with Crippen LogP contribution in [0.3, 0.4) is 0 Å². The van der Waals surface area contributed by atoms with Crippen molar-refractivity contribution in [2.24, 2.45) is 13.0 Å². The first-order chi connectivity index (χ1) is 9.22. The minimum atomic E-state index is 0.214. The molecule has 1 aliphatic carbocycles. The molecule has 3 rings (SSSR count). The van der Waals surface area contributed by atoms with E-state index < -0.39 is 0 Å². The van der Waals surface area contributed by atoms with Gasteiger partial charge in [-0.25, -0.2) is 4.98 Å². The van der Waals surface area contributed by atoms with E-state index in [1.165, 1.54) is 31.4 Å². The quantitative estimate of drug-likeness (QED) is 0.906. The molecule has 2 heterocycles. The zero-order valence-electron chi connectivity index (χ0n) is 12.1. The van der Waals surface area contributed by atoms with Crippen LogP contribution in [0.1, 0.15) is 50.8 Å². The van der Waals surface area contributed by atoms with Gasteiger partial charge in [0.15, 0.2) is 0 Å². The minimum Gasteiger partial charge on any atom is -0.375 e. The monoisotopic (exact) mass is 263 g/mol. The molecule has 4 nitrogen and oxygen atoms in total. The Bertz CT molecular complexity index is 425. The molecule has 2 fully saturated rings. The Morgan fingerprint density at radius 2 is 2.42 bits per heavy atom. The lowest BCUT2D eigenvalue weighted by Crippen LogP contribution is -2.48. The second-order valence-electron chi connectivity index (χ2n) is 6.14. The Balaban J connectivity index is 1.75. The summed E-state index contributed by atoms with van der Waals surface area (Å²) in [6, 6.07) is 0.382. The molecule has 1 saturated heterocycles. The molecule has 2 unspecified atom stereocenters. The van der Waals surface area contributed by atoms with Gasteiger partial charge >= 0.3 is 0 Å². The van der Waals surface area contributed by atoms with Crippen molar-refractivity contribution in [2.75, 3.05) is 13.2 Å². The Morgan fingerprint density at radius 1 is 1.58 bits per heavy atom. The van der Waals surface area contributed by atoms with Gasteiger partial charge in [0, 0.05) is 19.9 Å². The molecule has 19 heavy (non-hydrogen) atoms. The maximum atomic E-state index is 6.05. The van der Waals surface area contributed by atoms with Crippen LogP contribution in [0.2, 0.25) is 0 Å². The molecule has 2 aliphatic rings. The van der Waals surface area contributed by atoms with E-state index in [4.69, 9.17) is 4.74 Å². The number of aryl methyl sites for hydroxylation is 1. The summed E-state index contributed by atoms with van der Waals surface area (Å²) in [4.78, 5) is 4.56. The van der Waals surface area contributed by atoms with Gasteiger partial charge < -0.3 is 14.6 Å². The number of nitrogens with zero attached hydrogens (tertiary/aromatic N) is 2. The van der Waals surface area contributed by atoms with Crippen molar-refractivity contribution >= 4 is 0 Å². The molecule has 1 N–H and O–H groups in total. The fourth-order valence-corrected chi connectivity index (χ4v) is 3.60. The molecule has 1 aromatic heterocycles. The summed E-state index contributed by atoms with van der Waals surface area (Å²) in [5.41, 5.74) is 1.40. The summed E-state index contributed by atoms with van der Waals surface area (Å²) in [6.45, 7) is 4.08. The number of aromatic nitrogens is 2. The number of rotatable bonds is 4. The molecular formula is C15H25N3O. The van der Waals surface area contributed by atoms with Crippen LogP contribution in [-0.4, -0.2) is 28.3 Å². The third-order valence-electron chi connectivity index (χ3n) is 4.73. The molecule has 0 radical (unpaired) electrons. The van der Waals surface area contributed by atoms with E-state index in [-0.39, 0.29) is 5.60 Å². The molecule has 1 aromatic rings. The summed E-state index contributed by atoms with van der Waals surface area (Å²) >= 11 is 0. The van der Waals surface area contributed by atoms with Gasteiger partial charge in [0.05, 0.1) is 23.7 Å². The third kappa shape index (κ3) is 2.56. The molecule has 0 bridgehead atoms. The predicted molar refractivity (Wildman–Crippen MR) is 74.9 cm³/mol. The number of imidazole rings is 1. The zero-order chi connectivity index (χ0) is 13.3. The van der Waals surface area contributed by atoms with E-state index in [0.717, 1.165) is 19.6 Å². The van der Waals surface area contributed by atoms with Crippen molar-refractivity contribution in [3.8, 4) is 0 Å². The van der Waals surface area contributed by atoms with E-state index in [1.54, 1.807) is 0 Å². The smallest absolute Gasteiger partial charge is 0.0947 e.